The first-order valence-electron chi connectivity index (χ1n) is 7.22. The summed E-state index contributed by atoms with van der Waals surface area (Å²) >= 11 is 1.19. The lowest BCUT2D eigenvalue weighted by molar-refractivity contribution is -0.137. The minimum absolute atomic E-state index is 0.252. The van der Waals surface area contributed by atoms with Crippen LogP contribution in [0.5, 0.6) is 0 Å². The summed E-state index contributed by atoms with van der Waals surface area (Å²) in [4.78, 5) is 0.307. The van der Waals surface area contributed by atoms with E-state index in [4.69, 9.17) is 4.65 Å². The molecule has 8 heteroatoms. The molecule has 1 rings (SSSR count). The molecule has 0 fully saturated rings. The molecule has 130 valence electrons. The lowest BCUT2D eigenvalue weighted by Crippen LogP contribution is -2.53. The Balaban J connectivity index is 3.16. The zero-order chi connectivity index (χ0) is 18.1. The first-order chi connectivity index (χ1) is 10.3. The van der Waals surface area contributed by atoms with Crippen molar-refractivity contribution in [3.05, 3.63) is 23.8 Å². The molecular formula is C15H22BF3O3S. The van der Waals surface area contributed by atoms with Gasteiger partial charge in [0.1, 0.15) is 0 Å². The summed E-state index contributed by atoms with van der Waals surface area (Å²) in [5.74, 6) is 0.552. The average molecular weight is 350 g/mol. The summed E-state index contributed by atoms with van der Waals surface area (Å²) in [5, 5.41) is 20.4. The van der Waals surface area contributed by atoms with E-state index >= 15 is 0 Å². The van der Waals surface area contributed by atoms with Crippen LogP contribution < -0.4 is 5.46 Å². The highest BCUT2D eigenvalue weighted by Crippen LogP contribution is 2.32. The predicted octanol–water partition coefficient (Wildman–Crippen LogP) is 3.07. The third-order valence-corrected chi connectivity index (χ3v) is 4.74. The van der Waals surface area contributed by atoms with Crippen molar-refractivity contribution in [1.82, 2.24) is 0 Å². The number of rotatable bonds is 6. The minimum atomic E-state index is -4.44. The van der Waals surface area contributed by atoms with Gasteiger partial charge in [0, 0.05) is 4.90 Å². The zero-order valence-corrected chi connectivity index (χ0v) is 14.7. The fourth-order valence-corrected chi connectivity index (χ4v) is 2.54. The van der Waals surface area contributed by atoms with Crippen LogP contribution in [0.15, 0.2) is 23.1 Å². The van der Waals surface area contributed by atoms with Crippen LogP contribution in [0.4, 0.5) is 13.2 Å². The van der Waals surface area contributed by atoms with Gasteiger partial charge in [0.25, 0.3) is 0 Å². The molecule has 0 saturated heterocycles. The first kappa shape index (κ1) is 20.3. The molecule has 0 spiro atoms. The highest BCUT2D eigenvalue weighted by molar-refractivity contribution is 7.99. The number of thioether (sulfide) groups is 1. The van der Waals surface area contributed by atoms with Gasteiger partial charge in [-0.1, -0.05) is 19.1 Å². The fourth-order valence-electron chi connectivity index (χ4n) is 1.68. The van der Waals surface area contributed by atoms with Crippen molar-refractivity contribution in [2.45, 2.75) is 56.9 Å². The molecule has 0 bridgehead atoms. The maximum atomic E-state index is 12.8. The zero-order valence-electron chi connectivity index (χ0n) is 13.9. The Bertz CT molecular complexity index is 542. The van der Waals surface area contributed by atoms with Crippen molar-refractivity contribution in [2.75, 3.05) is 5.75 Å². The molecule has 0 aliphatic heterocycles. The van der Waals surface area contributed by atoms with Gasteiger partial charge in [0.05, 0.1) is 16.8 Å². The smallest absolute Gasteiger partial charge is 0.423 e. The van der Waals surface area contributed by atoms with Crippen LogP contribution in [0, 0.1) is 0 Å². The van der Waals surface area contributed by atoms with E-state index in [9.17, 15) is 23.3 Å². The molecule has 2 N–H and O–H groups in total. The Morgan fingerprint density at radius 1 is 1.17 bits per heavy atom. The van der Waals surface area contributed by atoms with Gasteiger partial charge in [-0.15, -0.1) is 11.8 Å². The van der Waals surface area contributed by atoms with E-state index in [1.165, 1.54) is 31.7 Å². The lowest BCUT2D eigenvalue weighted by atomic mass is 9.76. The molecule has 0 atom stereocenters. The van der Waals surface area contributed by atoms with Gasteiger partial charge in [-0.05, 0) is 45.0 Å². The average Bonchev–Trinajstić information content (AvgIpc) is 2.35. The molecule has 0 saturated carbocycles. The van der Waals surface area contributed by atoms with E-state index in [-0.39, 0.29) is 5.46 Å². The van der Waals surface area contributed by atoms with Gasteiger partial charge in [-0.3, -0.25) is 0 Å². The third-order valence-electron chi connectivity index (χ3n) is 3.79. The van der Waals surface area contributed by atoms with Crippen LogP contribution in [0.25, 0.3) is 0 Å². The van der Waals surface area contributed by atoms with Crippen LogP contribution in [0.1, 0.15) is 40.2 Å². The van der Waals surface area contributed by atoms with E-state index in [0.29, 0.717) is 10.6 Å². The largest absolute Gasteiger partial charge is 0.492 e. The van der Waals surface area contributed by atoms with Gasteiger partial charge >= 0.3 is 13.3 Å². The second-order valence-corrected chi connectivity index (χ2v) is 7.53. The van der Waals surface area contributed by atoms with Crippen LogP contribution in [-0.2, 0) is 10.8 Å². The highest BCUT2D eigenvalue weighted by atomic mass is 32.2. The van der Waals surface area contributed by atoms with E-state index in [2.05, 4.69) is 0 Å². The Kier molecular flexibility index (Phi) is 6.24. The predicted molar refractivity (Wildman–Crippen MR) is 86.9 cm³/mol. The minimum Gasteiger partial charge on any atom is -0.423 e. The Labute approximate surface area is 139 Å². The van der Waals surface area contributed by atoms with E-state index in [1.54, 1.807) is 13.8 Å². The van der Waals surface area contributed by atoms with Crippen molar-refractivity contribution in [3.8, 4) is 0 Å². The summed E-state index contributed by atoms with van der Waals surface area (Å²) in [6, 6.07) is 3.14. The van der Waals surface area contributed by atoms with Gasteiger partial charge < -0.3 is 14.8 Å². The van der Waals surface area contributed by atoms with Crippen LogP contribution >= 0.6 is 11.8 Å². The van der Waals surface area contributed by atoms with Crippen molar-refractivity contribution < 1.29 is 28.0 Å². The molecule has 1 aromatic carbocycles. The lowest BCUT2D eigenvalue weighted by Gasteiger charge is -2.38. The van der Waals surface area contributed by atoms with E-state index < -0.39 is 30.1 Å². The number of hydrogen-bond donors (Lipinski definition) is 2. The normalized spacial score (nSPS) is 13.3. The molecule has 0 heterocycles. The highest BCUT2D eigenvalue weighted by Gasteiger charge is 2.40. The monoisotopic (exact) mass is 350 g/mol. The quantitative estimate of drug-likeness (QED) is 0.612. The summed E-state index contributed by atoms with van der Waals surface area (Å²) in [6.45, 7) is 8.09. The van der Waals surface area contributed by atoms with Gasteiger partial charge in [0.2, 0.25) is 0 Å². The Morgan fingerprint density at radius 3 is 2.17 bits per heavy atom. The van der Waals surface area contributed by atoms with E-state index in [0.717, 1.165) is 12.1 Å². The first-order valence-corrected chi connectivity index (χ1v) is 8.20. The molecule has 23 heavy (non-hydrogen) atoms. The van der Waals surface area contributed by atoms with E-state index in [1.807, 2.05) is 6.92 Å². The number of benzene rings is 1. The van der Waals surface area contributed by atoms with Gasteiger partial charge in [-0.2, -0.15) is 13.2 Å². The molecule has 0 aliphatic carbocycles. The van der Waals surface area contributed by atoms with Crippen molar-refractivity contribution >= 4 is 24.3 Å². The SMILES string of the molecule is CCSc1cc(C(F)(F)F)ccc1B(O)OC(C)(C)C(C)(C)O. The van der Waals surface area contributed by atoms with Crippen LogP contribution in [0.2, 0.25) is 0 Å². The molecule has 0 unspecified atom stereocenters. The van der Waals surface area contributed by atoms with Crippen LogP contribution in [0.3, 0.4) is 0 Å². The standard InChI is InChI=1S/C15H22BF3O3S/c1-6-23-12-9-10(15(17,18)19)7-8-11(12)16(21)22-14(4,5)13(2,3)20/h7-9,20-21H,6H2,1-5H3. The second-order valence-electron chi connectivity index (χ2n) is 6.22. The second kappa shape index (κ2) is 7.05. The molecule has 0 aromatic heterocycles. The van der Waals surface area contributed by atoms with Gasteiger partial charge in [0.15, 0.2) is 0 Å². The Hall–Kier alpha value is -0.695. The molecular weight excluding hydrogens is 328 g/mol. The molecule has 0 aliphatic rings. The Morgan fingerprint density at radius 2 is 1.74 bits per heavy atom. The summed E-state index contributed by atoms with van der Waals surface area (Å²) in [7, 11) is -1.44. The number of aliphatic hydroxyl groups is 1. The molecule has 3 nitrogen and oxygen atoms in total. The molecule has 0 radical (unpaired) electrons. The maximum absolute atomic E-state index is 12.8. The topological polar surface area (TPSA) is 49.7 Å². The summed E-state index contributed by atoms with van der Waals surface area (Å²) in [6.07, 6.45) is -4.44. The summed E-state index contributed by atoms with van der Waals surface area (Å²) in [5.41, 5.74) is -2.85. The van der Waals surface area contributed by atoms with Crippen LogP contribution in [-0.4, -0.2) is 34.2 Å². The number of alkyl halides is 3. The van der Waals surface area contributed by atoms with Crippen molar-refractivity contribution in [2.24, 2.45) is 0 Å². The van der Waals surface area contributed by atoms with Gasteiger partial charge in [-0.25, -0.2) is 0 Å². The van der Waals surface area contributed by atoms with Crippen molar-refractivity contribution in [3.63, 3.8) is 0 Å². The molecule has 1 aromatic rings. The number of hydrogen-bond acceptors (Lipinski definition) is 4. The van der Waals surface area contributed by atoms with Crippen molar-refractivity contribution in [1.29, 1.82) is 0 Å². The number of halogens is 3. The third kappa shape index (κ3) is 5.14. The summed E-state index contributed by atoms with van der Waals surface area (Å²) < 4.78 is 44.0. The maximum Gasteiger partial charge on any atom is 0.492 e. The molecule has 0 amide bonds. The fraction of sp³-hybridized carbons (Fsp3) is 0.600.